The Hall–Kier alpha value is -0.0800. The highest BCUT2D eigenvalue weighted by Gasteiger charge is 2.25. The number of hydrogen-bond donors (Lipinski definition) is 1. The van der Waals surface area contributed by atoms with E-state index in [1.54, 1.807) is 0 Å². The topological polar surface area (TPSA) is 40.1 Å². The molecule has 0 aromatic carbocycles. The van der Waals surface area contributed by atoms with Crippen LogP contribution >= 0.6 is 24.0 Å². The summed E-state index contributed by atoms with van der Waals surface area (Å²) in [5.74, 6) is 2.75. The van der Waals surface area contributed by atoms with E-state index in [0.29, 0.717) is 0 Å². The Labute approximate surface area is 145 Å². The first-order chi connectivity index (χ1) is 9.85. The van der Waals surface area contributed by atoms with Gasteiger partial charge >= 0.3 is 0 Å². The summed E-state index contributed by atoms with van der Waals surface area (Å²) in [5, 5.41) is 3.53. The maximum absolute atomic E-state index is 5.47. The molecule has 21 heavy (non-hydrogen) atoms. The van der Waals surface area contributed by atoms with Gasteiger partial charge in [0.1, 0.15) is 0 Å². The number of aliphatic imine (C=N–C) groups is 1. The van der Waals surface area contributed by atoms with E-state index in [-0.39, 0.29) is 24.0 Å². The molecule has 1 saturated carbocycles. The van der Waals surface area contributed by atoms with E-state index in [1.165, 1.54) is 25.8 Å². The summed E-state index contributed by atoms with van der Waals surface area (Å²) in [6, 6.07) is 0. The second kappa shape index (κ2) is 8.53. The van der Waals surface area contributed by atoms with Crippen molar-refractivity contribution in [2.24, 2.45) is 16.8 Å². The van der Waals surface area contributed by atoms with E-state index in [0.717, 1.165) is 63.7 Å². The van der Waals surface area contributed by atoms with Crippen molar-refractivity contribution >= 4 is 29.9 Å². The van der Waals surface area contributed by atoms with E-state index in [4.69, 9.17) is 4.74 Å². The molecule has 1 unspecified atom stereocenters. The van der Waals surface area contributed by atoms with Crippen LogP contribution in [0.2, 0.25) is 0 Å². The Morgan fingerprint density at radius 3 is 2.48 bits per heavy atom. The van der Waals surface area contributed by atoms with Crippen molar-refractivity contribution in [3.8, 4) is 0 Å². The van der Waals surface area contributed by atoms with Gasteiger partial charge in [-0.1, -0.05) is 0 Å². The van der Waals surface area contributed by atoms with Crippen molar-refractivity contribution in [3.63, 3.8) is 0 Å². The van der Waals surface area contributed by atoms with Crippen molar-refractivity contribution in [1.82, 2.24) is 15.1 Å². The van der Waals surface area contributed by atoms with Crippen LogP contribution in [-0.4, -0.2) is 75.3 Å². The predicted octanol–water partition coefficient (Wildman–Crippen LogP) is 1.24. The number of rotatable bonds is 4. The number of nitrogens with zero attached hydrogens (tertiary/aromatic N) is 3. The predicted molar refractivity (Wildman–Crippen MR) is 96.4 cm³/mol. The highest BCUT2D eigenvalue weighted by Crippen LogP contribution is 2.27. The fraction of sp³-hybridized carbons (Fsp3) is 0.933. The van der Waals surface area contributed by atoms with Gasteiger partial charge in [-0.2, -0.15) is 0 Å². The average molecular weight is 408 g/mol. The lowest BCUT2D eigenvalue weighted by Crippen LogP contribution is -2.53. The van der Waals surface area contributed by atoms with Gasteiger partial charge in [0.25, 0.3) is 0 Å². The first-order valence-corrected chi connectivity index (χ1v) is 8.11. The molecule has 3 fully saturated rings. The third-order valence-corrected chi connectivity index (χ3v) is 4.67. The molecule has 2 heterocycles. The summed E-state index contributed by atoms with van der Waals surface area (Å²) < 4.78 is 5.47. The molecule has 0 bridgehead atoms. The molecule has 3 aliphatic rings. The Balaban J connectivity index is 0.00000161. The summed E-state index contributed by atoms with van der Waals surface area (Å²) in [6.45, 7) is 8.73. The fourth-order valence-corrected chi connectivity index (χ4v) is 3.12. The van der Waals surface area contributed by atoms with Crippen LogP contribution in [-0.2, 0) is 4.74 Å². The average Bonchev–Trinajstić information content (AvgIpc) is 3.17. The van der Waals surface area contributed by atoms with Gasteiger partial charge in [-0.25, -0.2) is 0 Å². The summed E-state index contributed by atoms with van der Waals surface area (Å²) in [7, 11) is 1.90. The fourth-order valence-electron chi connectivity index (χ4n) is 3.12. The van der Waals surface area contributed by atoms with Crippen LogP contribution in [0.15, 0.2) is 4.99 Å². The number of ether oxygens (including phenoxy) is 1. The highest BCUT2D eigenvalue weighted by atomic mass is 127. The second-order valence-corrected chi connectivity index (χ2v) is 6.39. The summed E-state index contributed by atoms with van der Waals surface area (Å²) in [4.78, 5) is 9.43. The Kier molecular flexibility index (Phi) is 7.01. The van der Waals surface area contributed by atoms with Gasteiger partial charge in [0.05, 0.1) is 6.61 Å². The SMILES string of the molecule is CN=C(NCC1CC1)N1CCN(CC2CCOC2)CC1.I. The van der Waals surface area contributed by atoms with Crippen molar-refractivity contribution in [3.05, 3.63) is 0 Å². The number of nitrogens with one attached hydrogen (secondary N) is 1. The lowest BCUT2D eigenvalue weighted by atomic mass is 10.1. The largest absolute Gasteiger partial charge is 0.381 e. The molecule has 0 radical (unpaired) electrons. The minimum absolute atomic E-state index is 0. The number of halogens is 1. The molecule has 2 aliphatic heterocycles. The summed E-state index contributed by atoms with van der Waals surface area (Å²) in [5.41, 5.74) is 0. The van der Waals surface area contributed by atoms with Crippen molar-refractivity contribution < 1.29 is 4.74 Å². The van der Waals surface area contributed by atoms with Gasteiger partial charge in [0.2, 0.25) is 0 Å². The van der Waals surface area contributed by atoms with Crippen molar-refractivity contribution in [2.75, 3.05) is 59.5 Å². The molecule has 6 heteroatoms. The first kappa shape index (κ1) is 17.3. The maximum atomic E-state index is 5.47. The smallest absolute Gasteiger partial charge is 0.193 e. The van der Waals surface area contributed by atoms with Gasteiger partial charge in [0, 0.05) is 52.9 Å². The van der Waals surface area contributed by atoms with Crippen LogP contribution in [0.5, 0.6) is 0 Å². The standard InChI is InChI=1S/C15H28N4O.HI/c1-16-15(17-10-13-2-3-13)19-7-5-18(6-8-19)11-14-4-9-20-12-14;/h13-14H,2-12H2,1H3,(H,16,17);1H. The first-order valence-electron chi connectivity index (χ1n) is 8.11. The zero-order valence-corrected chi connectivity index (χ0v) is 15.4. The second-order valence-electron chi connectivity index (χ2n) is 6.39. The minimum Gasteiger partial charge on any atom is -0.381 e. The number of piperazine rings is 1. The molecule has 5 nitrogen and oxygen atoms in total. The molecule has 3 rings (SSSR count). The van der Waals surface area contributed by atoms with Gasteiger partial charge in [0.15, 0.2) is 5.96 Å². The van der Waals surface area contributed by atoms with E-state index in [9.17, 15) is 0 Å². The minimum atomic E-state index is 0. The van der Waals surface area contributed by atoms with Gasteiger partial charge in [-0.15, -0.1) is 24.0 Å². The zero-order valence-electron chi connectivity index (χ0n) is 13.1. The third kappa shape index (κ3) is 5.25. The molecule has 0 aromatic heterocycles. The van der Waals surface area contributed by atoms with Gasteiger partial charge in [-0.3, -0.25) is 9.89 Å². The molecule has 1 atom stereocenters. The van der Waals surface area contributed by atoms with Gasteiger partial charge in [-0.05, 0) is 31.1 Å². The molecule has 0 spiro atoms. The zero-order chi connectivity index (χ0) is 13.8. The van der Waals surface area contributed by atoms with Gasteiger partial charge < -0.3 is 15.0 Å². The Bertz CT molecular complexity index is 335. The van der Waals surface area contributed by atoms with Crippen LogP contribution in [0.1, 0.15) is 19.3 Å². The lowest BCUT2D eigenvalue weighted by molar-refractivity contribution is 0.139. The van der Waals surface area contributed by atoms with Crippen molar-refractivity contribution in [2.45, 2.75) is 19.3 Å². The molecular weight excluding hydrogens is 379 g/mol. The molecule has 1 aliphatic carbocycles. The van der Waals surface area contributed by atoms with Crippen LogP contribution in [0.3, 0.4) is 0 Å². The van der Waals surface area contributed by atoms with Crippen LogP contribution in [0.25, 0.3) is 0 Å². The monoisotopic (exact) mass is 408 g/mol. The van der Waals surface area contributed by atoms with E-state index in [2.05, 4.69) is 20.1 Å². The molecular formula is C15H29IN4O. The molecule has 122 valence electrons. The lowest BCUT2D eigenvalue weighted by Gasteiger charge is -2.37. The maximum Gasteiger partial charge on any atom is 0.193 e. The molecule has 1 N–H and O–H groups in total. The van der Waals surface area contributed by atoms with E-state index >= 15 is 0 Å². The van der Waals surface area contributed by atoms with Crippen LogP contribution in [0.4, 0.5) is 0 Å². The number of guanidine groups is 1. The summed E-state index contributed by atoms with van der Waals surface area (Å²) >= 11 is 0. The summed E-state index contributed by atoms with van der Waals surface area (Å²) in [6.07, 6.45) is 4.02. The molecule has 0 aromatic rings. The van der Waals surface area contributed by atoms with Crippen molar-refractivity contribution in [1.29, 1.82) is 0 Å². The Morgan fingerprint density at radius 1 is 1.14 bits per heavy atom. The molecule has 2 saturated heterocycles. The number of hydrogen-bond acceptors (Lipinski definition) is 3. The van der Waals surface area contributed by atoms with E-state index in [1.807, 2.05) is 7.05 Å². The Morgan fingerprint density at radius 2 is 1.90 bits per heavy atom. The third-order valence-electron chi connectivity index (χ3n) is 4.67. The van der Waals surface area contributed by atoms with Crippen LogP contribution < -0.4 is 5.32 Å². The van der Waals surface area contributed by atoms with Crippen LogP contribution in [0, 0.1) is 11.8 Å². The molecule has 0 amide bonds. The normalized spacial score (nSPS) is 27.6. The van der Waals surface area contributed by atoms with E-state index < -0.39 is 0 Å². The highest BCUT2D eigenvalue weighted by molar-refractivity contribution is 14.0. The quantitative estimate of drug-likeness (QED) is 0.432.